The topological polar surface area (TPSA) is 21.3 Å². The van der Waals surface area contributed by atoms with Crippen molar-refractivity contribution in [2.75, 3.05) is 19.7 Å². The van der Waals surface area contributed by atoms with Gasteiger partial charge in [-0.15, -0.1) is 0 Å². The van der Waals surface area contributed by atoms with Crippen LogP contribution in [0, 0.1) is 19.7 Å². The van der Waals surface area contributed by atoms with E-state index in [0.29, 0.717) is 12.2 Å². The highest BCUT2D eigenvalue weighted by Crippen LogP contribution is 2.30. The van der Waals surface area contributed by atoms with Crippen LogP contribution in [0.5, 0.6) is 0 Å². The molecule has 0 radical (unpaired) electrons. The lowest BCUT2D eigenvalue weighted by Crippen LogP contribution is -2.33. The first-order valence-corrected chi connectivity index (χ1v) is 5.76. The molecule has 0 aromatic heterocycles. The number of nitrogens with one attached hydrogen (secondary N) is 1. The third-order valence-corrected chi connectivity index (χ3v) is 3.41. The van der Waals surface area contributed by atoms with E-state index in [2.05, 4.69) is 5.32 Å². The molecular formula is C12H15ClFNO. The normalized spacial score (nSPS) is 21.1. The lowest BCUT2D eigenvalue weighted by Gasteiger charge is -2.26. The fourth-order valence-electron chi connectivity index (χ4n) is 1.97. The van der Waals surface area contributed by atoms with E-state index in [4.69, 9.17) is 16.3 Å². The Labute approximate surface area is 99.7 Å². The summed E-state index contributed by atoms with van der Waals surface area (Å²) in [4.78, 5) is 0. The molecule has 1 atom stereocenters. The van der Waals surface area contributed by atoms with Gasteiger partial charge in [0.2, 0.25) is 0 Å². The highest BCUT2D eigenvalue weighted by Gasteiger charge is 2.21. The Morgan fingerprint density at radius 3 is 2.88 bits per heavy atom. The zero-order valence-corrected chi connectivity index (χ0v) is 10.2. The minimum absolute atomic E-state index is 0.0702. The third kappa shape index (κ3) is 2.08. The number of hydrogen-bond acceptors (Lipinski definition) is 2. The van der Waals surface area contributed by atoms with Gasteiger partial charge in [0, 0.05) is 13.1 Å². The first kappa shape index (κ1) is 11.8. The Hall–Kier alpha value is -0.640. The van der Waals surface area contributed by atoms with Crippen LogP contribution >= 0.6 is 11.6 Å². The zero-order chi connectivity index (χ0) is 11.7. The van der Waals surface area contributed by atoms with Crippen LogP contribution in [0.3, 0.4) is 0 Å². The van der Waals surface area contributed by atoms with Crippen molar-refractivity contribution in [2.45, 2.75) is 20.0 Å². The molecule has 1 aliphatic heterocycles. The molecule has 4 heteroatoms. The lowest BCUT2D eigenvalue weighted by molar-refractivity contribution is 0.0271. The van der Waals surface area contributed by atoms with Crippen molar-refractivity contribution < 1.29 is 9.13 Å². The van der Waals surface area contributed by atoms with E-state index in [0.717, 1.165) is 24.2 Å². The Kier molecular flexibility index (Phi) is 3.47. The van der Waals surface area contributed by atoms with Gasteiger partial charge in [0.25, 0.3) is 0 Å². The Morgan fingerprint density at radius 1 is 1.50 bits per heavy atom. The van der Waals surface area contributed by atoms with Crippen molar-refractivity contribution in [1.29, 1.82) is 0 Å². The third-order valence-electron chi connectivity index (χ3n) is 2.95. The summed E-state index contributed by atoms with van der Waals surface area (Å²) >= 11 is 5.86. The number of aryl methyl sites for hydroxylation is 1. The predicted octanol–water partition coefficient (Wildman–Crippen LogP) is 2.76. The van der Waals surface area contributed by atoms with Gasteiger partial charge in [-0.25, -0.2) is 4.39 Å². The standard InChI is InChI=1S/C12H15ClFNO/c1-7-5-9(8(2)12(14)11(7)13)10-6-15-3-4-16-10/h5,10,15H,3-4,6H2,1-2H3. The molecule has 1 saturated heterocycles. The molecule has 88 valence electrons. The summed E-state index contributed by atoms with van der Waals surface area (Å²) in [6.45, 7) is 5.79. The molecule has 0 aliphatic carbocycles. The summed E-state index contributed by atoms with van der Waals surface area (Å²) in [7, 11) is 0. The quantitative estimate of drug-likeness (QED) is 0.819. The van der Waals surface area contributed by atoms with E-state index in [1.165, 1.54) is 0 Å². The summed E-state index contributed by atoms with van der Waals surface area (Å²) in [5.74, 6) is -0.328. The molecule has 2 rings (SSSR count). The summed E-state index contributed by atoms with van der Waals surface area (Å²) in [6.07, 6.45) is -0.0702. The van der Waals surface area contributed by atoms with Gasteiger partial charge in [-0.1, -0.05) is 17.7 Å². The van der Waals surface area contributed by atoms with Crippen LogP contribution in [0.25, 0.3) is 0 Å². The molecule has 1 aliphatic rings. The van der Waals surface area contributed by atoms with Crippen LogP contribution in [0.2, 0.25) is 5.02 Å². The number of ether oxygens (including phenoxy) is 1. The lowest BCUT2D eigenvalue weighted by atomic mass is 9.99. The van der Waals surface area contributed by atoms with E-state index in [-0.39, 0.29) is 16.9 Å². The van der Waals surface area contributed by atoms with Crippen LogP contribution in [0.15, 0.2) is 6.07 Å². The highest BCUT2D eigenvalue weighted by atomic mass is 35.5. The second-order valence-electron chi connectivity index (χ2n) is 4.10. The largest absolute Gasteiger partial charge is 0.371 e. The molecule has 1 aromatic carbocycles. The van der Waals surface area contributed by atoms with E-state index in [9.17, 15) is 4.39 Å². The van der Waals surface area contributed by atoms with Gasteiger partial charge in [-0.2, -0.15) is 0 Å². The Morgan fingerprint density at radius 2 is 2.25 bits per heavy atom. The van der Waals surface area contributed by atoms with Gasteiger partial charge in [-0.05, 0) is 30.5 Å². The second kappa shape index (κ2) is 4.70. The average Bonchev–Trinajstić information content (AvgIpc) is 2.32. The number of morpholine rings is 1. The van der Waals surface area contributed by atoms with Gasteiger partial charge < -0.3 is 10.1 Å². The monoisotopic (exact) mass is 243 g/mol. The van der Waals surface area contributed by atoms with Crippen LogP contribution in [-0.4, -0.2) is 19.7 Å². The molecule has 2 nitrogen and oxygen atoms in total. The maximum absolute atomic E-state index is 13.8. The molecular weight excluding hydrogens is 229 g/mol. The van der Waals surface area contributed by atoms with Crippen molar-refractivity contribution in [3.05, 3.63) is 33.6 Å². The maximum atomic E-state index is 13.8. The van der Waals surface area contributed by atoms with Gasteiger partial charge >= 0.3 is 0 Å². The van der Waals surface area contributed by atoms with Crippen LogP contribution in [0.4, 0.5) is 4.39 Å². The van der Waals surface area contributed by atoms with Crippen LogP contribution in [0.1, 0.15) is 22.8 Å². The highest BCUT2D eigenvalue weighted by molar-refractivity contribution is 6.31. The van der Waals surface area contributed by atoms with E-state index in [1.807, 2.05) is 13.0 Å². The SMILES string of the molecule is Cc1cc(C2CNCCO2)c(C)c(F)c1Cl. The minimum atomic E-state index is -0.328. The van der Waals surface area contributed by atoms with Gasteiger partial charge in [0.15, 0.2) is 0 Å². The van der Waals surface area contributed by atoms with Crippen molar-refractivity contribution in [2.24, 2.45) is 0 Å². The molecule has 0 bridgehead atoms. The average molecular weight is 244 g/mol. The molecule has 1 unspecified atom stereocenters. The number of rotatable bonds is 1. The zero-order valence-electron chi connectivity index (χ0n) is 9.44. The fourth-order valence-corrected chi connectivity index (χ4v) is 2.17. The molecule has 0 spiro atoms. The second-order valence-corrected chi connectivity index (χ2v) is 4.48. The molecule has 1 fully saturated rings. The molecule has 0 amide bonds. The van der Waals surface area contributed by atoms with Crippen molar-refractivity contribution in [3.8, 4) is 0 Å². The summed E-state index contributed by atoms with van der Waals surface area (Å²) in [5.41, 5.74) is 2.24. The van der Waals surface area contributed by atoms with Crippen molar-refractivity contribution >= 4 is 11.6 Å². The summed E-state index contributed by atoms with van der Waals surface area (Å²) < 4.78 is 19.4. The molecule has 0 saturated carbocycles. The fraction of sp³-hybridized carbons (Fsp3) is 0.500. The minimum Gasteiger partial charge on any atom is -0.371 e. The van der Waals surface area contributed by atoms with Gasteiger partial charge in [-0.3, -0.25) is 0 Å². The molecule has 1 heterocycles. The molecule has 1 N–H and O–H groups in total. The molecule has 16 heavy (non-hydrogen) atoms. The first-order chi connectivity index (χ1) is 7.61. The van der Waals surface area contributed by atoms with E-state index in [1.54, 1.807) is 6.92 Å². The van der Waals surface area contributed by atoms with E-state index < -0.39 is 0 Å². The van der Waals surface area contributed by atoms with Crippen molar-refractivity contribution in [3.63, 3.8) is 0 Å². The predicted molar refractivity (Wildman–Crippen MR) is 62.4 cm³/mol. The van der Waals surface area contributed by atoms with E-state index >= 15 is 0 Å². The maximum Gasteiger partial charge on any atom is 0.145 e. The van der Waals surface area contributed by atoms with Gasteiger partial charge in [0.05, 0.1) is 17.7 Å². The summed E-state index contributed by atoms with van der Waals surface area (Å²) in [6, 6.07) is 1.92. The number of benzene rings is 1. The number of hydrogen-bond donors (Lipinski definition) is 1. The number of halogens is 2. The Balaban J connectivity index is 2.40. The summed E-state index contributed by atoms with van der Waals surface area (Å²) in [5, 5.41) is 3.45. The van der Waals surface area contributed by atoms with Gasteiger partial charge in [0.1, 0.15) is 5.82 Å². The first-order valence-electron chi connectivity index (χ1n) is 5.38. The molecule has 1 aromatic rings. The van der Waals surface area contributed by atoms with Crippen LogP contribution < -0.4 is 5.32 Å². The van der Waals surface area contributed by atoms with Crippen molar-refractivity contribution in [1.82, 2.24) is 5.32 Å². The Bertz CT molecular complexity index is 402. The smallest absolute Gasteiger partial charge is 0.145 e. The van der Waals surface area contributed by atoms with Crippen LogP contribution in [-0.2, 0) is 4.74 Å².